The van der Waals surface area contributed by atoms with Gasteiger partial charge < -0.3 is 10.1 Å². The highest BCUT2D eigenvalue weighted by atomic mass is 32.1. The molecule has 0 radical (unpaired) electrons. The van der Waals surface area contributed by atoms with Crippen molar-refractivity contribution in [3.8, 4) is 5.75 Å². The molecule has 1 aliphatic heterocycles. The molecule has 2 aromatic rings. The van der Waals surface area contributed by atoms with Crippen LogP contribution in [0.4, 0.5) is 5.69 Å². The summed E-state index contributed by atoms with van der Waals surface area (Å²) >= 11 is 1.51. The topological polar surface area (TPSA) is 38.3 Å². The van der Waals surface area contributed by atoms with Crippen LogP contribution in [0.25, 0.3) is 0 Å². The van der Waals surface area contributed by atoms with Crippen LogP contribution in [-0.2, 0) is 0 Å². The fourth-order valence-corrected chi connectivity index (χ4v) is 2.84. The first-order chi connectivity index (χ1) is 8.74. The lowest BCUT2D eigenvalue weighted by Gasteiger charge is -2.25. The molecule has 2 heterocycles. The van der Waals surface area contributed by atoms with Crippen molar-refractivity contribution < 1.29 is 9.53 Å². The Labute approximate surface area is 109 Å². The lowest BCUT2D eigenvalue weighted by molar-refractivity contribution is 0.0806. The molecule has 18 heavy (non-hydrogen) atoms. The molecule has 1 aromatic carbocycles. The monoisotopic (exact) mass is 259 g/mol. The van der Waals surface area contributed by atoms with E-state index in [-0.39, 0.29) is 5.78 Å². The Balaban J connectivity index is 1.82. The minimum absolute atomic E-state index is 0.0510. The molecule has 0 fully saturated rings. The van der Waals surface area contributed by atoms with Gasteiger partial charge in [0.25, 0.3) is 0 Å². The standard InChI is InChI=1S/C14H13NO2S/c1-9-6-7-13(18-9)14(16)12-8-15-10-4-2-3-5-11(10)17-12/h2-7,12,15H,8H2,1H3. The van der Waals surface area contributed by atoms with Crippen LogP contribution >= 0.6 is 11.3 Å². The van der Waals surface area contributed by atoms with E-state index in [1.807, 2.05) is 43.3 Å². The third-order valence-corrected chi connectivity index (χ3v) is 3.93. The number of nitrogens with one attached hydrogen (secondary N) is 1. The van der Waals surface area contributed by atoms with Gasteiger partial charge in [0.1, 0.15) is 5.75 Å². The number of carbonyl (C=O) groups is 1. The molecule has 0 amide bonds. The first-order valence-corrected chi connectivity index (χ1v) is 6.66. The molecule has 1 N–H and O–H groups in total. The molecule has 1 aromatic heterocycles. The van der Waals surface area contributed by atoms with Crippen molar-refractivity contribution in [3.63, 3.8) is 0 Å². The summed E-state index contributed by atoms with van der Waals surface area (Å²) in [6.45, 7) is 2.52. The Hall–Kier alpha value is -1.81. The van der Waals surface area contributed by atoms with Gasteiger partial charge in [-0.15, -0.1) is 11.3 Å². The predicted octanol–water partition coefficient (Wildman–Crippen LogP) is 3.11. The van der Waals surface area contributed by atoms with Crippen LogP contribution in [0.15, 0.2) is 36.4 Å². The maximum Gasteiger partial charge on any atom is 0.215 e. The summed E-state index contributed by atoms with van der Waals surface area (Å²) in [5.41, 5.74) is 0.948. The van der Waals surface area contributed by atoms with Crippen molar-refractivity contribution in [3.05, 3.63) is 46.2 Å². The number of benzene rings is 1. The molecule has 0 saturated heterocycles. The van der Waals surface area contributed by atoms with E-state index in [1.54, 1.807) is 0 Å². The lowest BCUT2D eigenvalue weighted by Crippen LogP contribution is -2.37. The smallest absolute Gasteiger partial charge is 0.215 e. The van der Waals surface area contributed by atoms with Gasteiger partial charge in [-0.3, -0.25) is 4.79 Å². The maximum absolute atomic E-state index is 12.3. The Morgan fingerprint density at radius 1 is 1.33 bits per heavy atom. The second kappa shape index (κ2) is 4.46. The second-order valence-corrected chi connectivity index (χ2v) is 5.55. The number of aryl methyl sites for hydroxylation is 1. The van der Waals surface area contributed by atoms with Gasteiger partial charge in [0.15, 0.2) is 6.10 Å². The molecule has 0 aliphatic carbocycles. The normalized spacial score (nSPS) is 17.5. The summed E-state index contributed by atoms with van der Waals surface area (Å²) < 4.78 is 5.75. The fraction of sp³-hybridized carbons (Fsp3) is 0.214. The zero-order valence-electron chi connectivity index (χ0n) is 9.97. The van der Waals surface area contributed by atoms with Crippen LogP contribution in [0.3, 0.4) is 0 Å². The molecular formula is C14H13NO2S. The number of Topliss-reactive ketones (excluding diaryl/α,β-unsaturated/α-hetero) is 1. The quantitative estimate of drug-likeness (QED) is 0.842. The number of hydrogen-bond acceptors (Lipinski definition) is 4. The van der Waals surface area contributed by atoms with E-state index in [2.05, 4.69) is 5.32 Å². The second-order valence-electron chi connectivity index (χ2n) is 4.26. The molecule has 0 spiro atoms. The minimum atomic E-state index is -0.432. The van der Waals surface area contributed by atoms with Gasteiger partial charge in [-0.1, -0.05) is 12.1 Å². The Kier molecular flexibility index (Phi) is 2.80. The van der Waals surface area contributed by atoms with Crippen LogP contribution in [-0.4, -0.2) is 18.4 Å². The van der Waals surface area contributed by atoms with Crippen LogP contribution in [0.5, 0.6) is 5.75 Å². The van der Waals surface area contributed by atoms with Crippen molar-refractivity contribution in [1.82, 2.24) is 0 Å². The van der Waals surface area contributed by atoms with E-state index in [0.717, 1.165) is 21.2 Å². The van der Waals surface area contributed by atoms with Gasteiger partial charge in [-0.2, -0.15) is 0 Å². The Bertz CT molecular complexity index is 591. The van der Waals surface area contributed by atoms with Gasteiger partial charge in [0, 0.05) is 4.88 Å². The number of fused-ring (bicyclic) bond motifs is 1. The zero-order valence-corrected chi connectivity index (χ0v) is 10.8. The van der Waals surface area contributed by atoms with E-state index in [0.29, 0.717) is 6.54 Å². The van der Waals surface area contributed by atoms with E-state index < -0.39 is 6.10 Å². The lowest BCUT2D eigenvalue weighted by atomic mass is 10.1. The van der Waals surface area contributed by atoms with Gasteiger partial charge in [0.2, 0.25) is 5.78 Å². The number of thiophene rings is 1. The highest BCUT2D eigenvalue weighted by Crippen LogP contribution is 2.29. The van der Waals surface area contributed by atoms with Gasteiger partial charge >= 0.3 is 0 Å². The van der Waals surface area contributed by atoms with Crippen LogP contribution < -0.4 is 10.1 Å². The molecule has 0 bridgehead atoms. The molecule has 1 unspecified atom stereocenters. The van der Waals surface area contributed by atoms with Crippen molar-refractivity contribution >= 4 is 22.8 Å². The summed E-state index contributed by atoms with van der Waals surface area (Å²) in [5.74, 6) is 0.797. The summed E-state index contributed by atoms with van der Waals surface area (Å²) in [5, 5.41) is 3.23. The largest absolute Gasteiger partial charge is 0.478 e. The molecule has 1 atom stereocenters. The van der Waals surface area contributed by atoms with Gasteiger partial charge in [-0.05, 0) is 31.2 Å². The first kappa shape index (κ1) is 11.3. The Morgan fingerprint density at radius 3 is 2.94 bits per heavy atom. The summed E-state index contributed by atoms with van der Waals surface area (Å²) in [4.78, 5) is 14.2. The number of para-hydroxylation sites is 2. The zero-order chi connectivity index (χ0) is 12.5. The number of ketones is 1. The number of anilines is 1. The molecule has 1 aliphatic rings. The molecule has 0 saturated carbocycles. The van der Waals surface area contributed by atoms with E-state index >= 15 is 0 Å². The summed E-state index contributed by atoms with van der Waals surface area (Å²) in [6, 6.07) is 11.5. The third kappa shape index (κ3) is 1.99. The SMILES string of the molecule is Cc1ccc(C(=O)C2CNc3ccccc3O2)s1. The average molecular weight is 259 g/mol. The molecular weight excluding hydrogens is 246 g/mol. The van der Waals surface area contributed by atoms with Crippen LogP contribution in [0.2, 0.25) is 0 Å². The Morgan fingerprint density at radius 2 is 2.17 bits per heavy atom. The van der Waals surface area contributed by atoms with Crippen LogP contribution in [0.1, 0.15) is 14.5 Å². The highest BCUT2D eigenvalue weighted by molar-refractivity contribution is 7.14. The third-order valence-electron chi connectivity index (χ3n) is 2.91. The van der Waals surface area contributed by atoms with Crippen molar-refractivity contribution in [2.45, 2.75) is 13.0 Å². The van der Waals surface area contributed by atoms with E-state index in [1.165, 1.54) is 11.3 Å². The van der Waals surface area contributed by atoms with E-state index in [9.17, 15) is 4.79 Å². The number of carbonyl (C=O) groups excluding carboxylic acids is 1. The molecule has 92 valence electrons. The summed E-state index contributed by atoms with van der Waals surface area (Å²) in [7, 11) is 0. The number of ether oxygens (including phenoxy) is 1. The molecule has 3 nitrogen and oxygen atoms in total. The minimum Gasteiger partial charge on any atom is -0.478 e. The van der Waals surface area contributed by atoms with Gasteiger partial charge in [0.05, 0.1) is 17.1 Å². The fourth-order valence-electron chi connectivity index (χ4n) is 1.98. The van der Waals surface area contributed by atoms with E-state index in [4.69, 9.17) is 4.74 Å². The van der Waals surface area contributed by atoms with Crippen molar-refractivity contribution in [2.24, 2.45) is 0 Å². The van der Waals surface area contributed by atoms with Crippen LogP contribution in [0, 0.1) is 6.92 Å². The maximum atomic E-state index is 12.3. The van der Waals surface area contributed by atoms with Crippen molar-refractivity contribution in [1.29, 1.82) is 0 Å². The molecule has 3 rings (SSSR count). The summed E-state index contributed by atoms with van der Waals surface area (Å²) in [6.07, 6.45) is -0.432. The molecule has 4 heteroatoms. The van der Waals surface area contributed by atoms with Gasteiger partial charge in [-0.25, -0.2) is 0 Å². The first-order valence-electron chi connectivity index (χ1n) is 5.84. The number of hydrogen-bond donors (Lipinski definition) is 1. The van der Waals surface area contributed by atoms with Crippen molar-refractivity contribution in [2.75, 3.05) is 11.9 Å². The average Bonchev–Trinajstić information content (AvgIpc) is 2.84. The highest BCUT2D eigenvalue weighted by Gasteiger charge is 2.27. The number of rotatable bonds is 2. The predicted molar refractivity (Wildman–Crippen MR) is 72.7 cm³/mol.